The first-order chi connectivity index (χ1) is 14.6. The summed E-state index contributed by atoms with van der Waals surface area (Å²) in [6.45, 7) is 6.03. The van der Waals surface area contributed by atoms with Gasteiger partial charge in [-0.05, 0) is 37.0 Å². The van der Waals surface area contributed by atoms with Crippen LogP contribution in [0, 0.1) is 5.92 Å². The third-order valence-electron chi connectivity index (χ3n) is 4.62. The van der Waals surface area contributed by atoms with Crippen molar-refractivity contribution >= 4 is 49.1 Å². The van der Waals surface area contributed by atoms with Gasteiger partial charge in [-0.25, -0.2) is 18.4 Å². The highest BCUT2D eigenvalue weighted by Gasteiger charge is 2.19. The number of anilines is 1. The maximum Gasteiger partial charge on any atom is 0.306 e. The van der Waals surface area contributed by atoms with E-state index in [2.05, 4.69) is 34.1 Å². The van der Waals surface area contributed by atoms with Crippen LogP contribution in [0.4, 0.5) is 5.82 Å². The van der Waals surface area contributed by atoms with Crippen LogP contribution in [0.2, 0.25) is 0 Å². The summed E-state index contributed by atoms with van der Waals surface area (Å²) in [4.78, 5) is 23.8. The molecule has 2 heterocycles. The Morgan fingerprint density at radius 1 is 1.26 bits per heavy atom. The van der Waals surface area contributed by atoms with Gasteiger partial charge in [0.1, 0.15) is 4.70 Å². The molecule has 3 N–H and O–H groups in total. The first kappa shape index (κ1) is 23.7. The molecule has 168 valence electrons. The smallest absolute Gasteiger partial charge is 0.306 e. The van der Waals surface area contributed by atoms with E-state index >= 15 is 0 Å². The number of thiazole rings is 1. The van der Waals surface area contributed by atoms with Crippen LogP contribution in [0.3, 0.4) is 0 Å². The highest BCUT2D eigenvalue weighted by atomic mass is 32.2. The van der Waals surface area contributed by atoms with Gasteiger partial charge in [-0.1, -0.05) is 49.1 Å². The molecule has 0 aliphatic rings. The van der Waals surface area contributed by atoms with E-state index in [0.29, 0.717) is 27.2 Å². The standard InChI is InChI=1S/C20H26N4O4S3/c1-11(2)8-14(10-25)21-17-16-18(24-20(26)30-16)23-19(22-17)29-12(3)13-6-5-7-15(9-13)31(4,27)28/h5-7,9,11-12,14,25H,8,10H2,1-4H3,(H2,21,22,23,24,26)/t12?,14-/m1/s1. The molecule has 1 aromatic carbocycles. The zero-order valence-corrected chi connectivity index (χ0v) is 20.2. The average molecular weight is 483 g/mol. The first-order valence-corrected chi connectivity index (χ1v) is 13.4. The Balaban J connectivity index is 1.93. The van der Waals surface area contributed by atoms with Gasteiger partial charge in [0.05, 0.1) is 17.5 Å². The first-order valence-electron chi connectivity index (χ1n) is 9.81. The van der Waals surface area contributed by atoms with Gasteiger partial charge in [-0.3, -0.25) is 9.78 Å². The van der Waals surface area contributed by atoms with Gasteiger partial charge in [0.15, 0.2) is 26.5 Å². The Labute approximate surface area is 189 Å². The second-order valence-electron chi connectivity index (χ2n) is 7.81. The fourth-order valence-corrected chi connectivity index (χ4v) is 5.43. The number of hydrogen-bond donors (Lipinski definition) is 3. The van der Waals surface area contributed by atoms with E-state index in [4.69, 9.17) is 0 Å². The topological polar surface area (TPSA) is 125 Å². The van der Waals surface area contributed by atoms with Crippen molar-refractivity contribution in [1.29, 1.82) is 0 Å². The molecule has 1 unspecified atom stereocenters. The molecule has 0 amide bonds. The van der Waals surface area contributed by atoms with Crippen molar-refractivity contribution in [3.8, 4) is 0 Å². The number of aromatic nitrogens is 3. The molecule has 0 aliphatic heterocycles. The van der Waals surface area contributed by atoms with E-state index in [9.17, 15) is 18.3 Å². The molecule has 3 rings (SSSR count). The molecule has 0 radical (unpaired) electrons. The molecule has 0 fully saturated rings. The summed E-state index contributed by atoms with van der Waals surface area (Å²) in [5.74, 6) is 0.885. The number of hydrogen-bond acceptors (Lipinski definition) is 9. The monoisotopic (exact) mass is 482 g/mol. The minimum Gasteiger partial charge on any atom is -0.394 e. The number of aliphatic hydroxyl groups excluding tert-OH is 1. The molecular formula is C20H26N4O4S3. The molecule has 0 aliphatic carbocycles. The molecule has 0 saturated carbocycles. The number of aromatic amines is 1. The highest BCUT2D eigenvalue weighted by molar-refractivity contribution is 7.99. The van der Waals surface area contributed by atoms with E-state index < -0.39 is 9.84 Å². The lowest BCUT2D eigenvalue weighted by Gasteiger charge is -2.19. The van der Waals surface area contributed by atoms with Crippen molar-refractivity contribution in [2.24, 2.45) is 5.92 Å². The largest absolute Gasteiger partial charge is 0.394 e. The van der Waals surface area contributed by atoms with Crippen molar-refractivity contribution in [3.63, 3.8) is 0 Å². The summed E-state index contributed by atoms with van der Waals surface area (Å²) in [5.41, 5.74) is 1.27. The van der Waals surface area contributed by atoms with Gasteiger partial charge >= 0.3 is 4.87 Å². The summed E-state index contributed by atoms with van der Waals surface area (Å²) >= 11 is 2.39. The van der Waals surface area contributed by atoms with Crippen LogP contribution in [-0.2, 0) is 9.84 Å². The molecule has 11 heteroatoms. The number of thioether (sulfide) groups is 1. The third kappa shape index (κ3) is 6.06. The van der Waals surface area contributed by atoms with Crippen LogP contribution in [0.15, 0.2) is 39.1 Å². The zero-order valence-electron chi connectivity index (χ0n) is 17.7. The van der Waals surface area contributed by atoms with Crippen LogP contribution in [0.1, 0.15) is 38.0 Å². The van der Waals surface area contributed by atoms with Crippen molar-refractivity contribution in [2.75, 3.05) is 18.2 Å². The SMILES string of the molecule is CC(C)C[C@H](CO)Nc1nc(SC(C)c2cccc(S(C)(=O)=O)c2)nc2[nH]c(=O)sc12. The fraction of sp³-hybridized carbons (Fsp3) is 0.450. The van der Waals surface area contributed by atoms with E-state index in [-0.39, 0.29) is 27.7 Å². The molecule has 8 nitrogen and oxygen atoms in total. The Morgan fingerprint density at radius 2 is 2.00 bits per heavy atom. The summed E-state index contributed by atoms with van der Waals surface area (Å²) in [5, 5.41) is 13.3. The lowest BCUT2D eigenvalue weighted by Crippen LogP contribution is -2.26. The van der Waals surface area contributed by atoms with Crippen molar-refractivity contribution in [3.05, 3.63) is 39.5 Å². The van der Waals surface area contributed by atoms with Crippen LogP contribution >= 0.6 is 23.1 Å². The van der Waals surface area contributed by atoms with Gasteiger partial charge in [-0.15, -0.1) is 0 Å². The summed E-state index contributed by atoms with van der Waals surface area (Å²) < 4.78 is 24.4. The number of nitrogens with zero attached hydrogens (tertiary/aromatic N) is 2. The number of rotatable bonds is 9. The molecule has 2 atom stereocenters. The molecule has 0 spiro atoms. The van der Waals surface area contributed by atoms with Crippen molar-refractivity contribution in [2.45, 2.75) is 48.5 Å². The fourth-order valence-electron chi connectivity index (χ4n) is 3.14. The number of fused-ring (bicyclic) bond motifs is 1. The zero-order chi connectivity index (χ0) is 22.8. The Bertz CT molecular complexity index is 1220. The van der Waals surface area contributed by atoms with Gasteiger partial charge in [0.25, 0.3) is 0 Å². The predicted octanol–water partition coefficient (Wildman–Crippen LogP) is 3.46. The normalized spacial score (nSPS) is 14.1. The third-order valence-corrected chi connectivity index (χ3v) is 7.62. The van der Waals surface area contributed by atoms with Gasteiger partial charge in [0.2, 0.25) is 0 Å². The van der Waals surface area contributed by atoms with Crippen LogP contribution in [-0.4, -0.2) is 47.4 Å². The Morgan fingerprint density at radius 3 is 2.65 bits per heavy atom. The van der Waals surface area contributed by atoms with E-state index in [1.807, 2.05) is 13.0 Å². The number of benzene rings is 1. The lowest BCUT2D eigenvalue weighted by molar-refractivity contribution is 0.259. The highest BCUT2D eigenvalue weighted by Crippen LogP contribution is 2.36. The van der Waals surface area contributed by atoms with E-state index in [0.717, 1.165) is 23.3 Å². The van der Waals surface area contributed by atoms with Crippen molar-refractivity contribution < 1.29 is 13.5 Å². The quantitative estimate of drug-likeness (QED) is 0.313. The van der Waals surface area contributed by atoms with E-state index in [1.165, 1.54) is 18.0 Å². The predicted molar refractivity (Wildman–Crippen MR) is 126 cm³/mol. The minimum atomic E-state index is -3.30. The Kier molecular flexibility index (Phi) is 7.40. The molecule has 2 aromatic heterocycles. The van der Waals surface area contributed by atoms with Crippen LogP contribution in [0.25, 0.3) is 10.3 Å². The van der Waals surface area contributed by atoms with Crippen molar-refractivity contribution in [1.82, 2.24) is 15.0 Å². The molecule has 3 aromatic rings. The average Bonchev–Trinajstić information content (AvgIpc) is 3.07. The summed E-state index contributed by atoms with van der Waals surface area (Å²) in [7, 11) is -3.30. The van der Waals surface area contributed by atoms with Gasteiger partial charge in [-0.2, -0.15) is 0 Å². The number of nitrogens with one attached hydrogen (secondary N) is 2. The maximum absolute atomic E-state index is 11.9. The molecule has 0 bridgehead atoms. The maximum atomic E-state index is 11.9. The molecular weight excluding hydrogens is 456 g/mol. The lowest BCUT2D eigenvalue weighted by atomic mass is 10.0. The number of aliphatic hydroxyl groups is 1. The van der Waals surface area contributed by atoms with Crippen LogP contribution < -0.4 is 10.2 Å². The minimum absolute atomic E-state index is 0.0554. The number of H-pyrrole nitrogens is 1. The summed E-state index contributed by atoms with van der Waals surface area (Å²) in [6.07, 6.45) is 1.93. The molecule has 0 saturated heterocycles. The second-order valence-corrected chi connectivity index (χ2v) is 12.1. The molecule has 31 heavy (non-hydrogen) atoms. The van der Waals surface area contributed by atoms with Crippen LogP contribution in [0.5, 0.6) is 0 Å². The Hall–Kier alpha value is -1.95. The number of sulfone groups is 1. The van der Waals surface area contributed by atoms with Gasteiger partial charge < -0.3 is 10.4 Å². The van der Waals surface area contributed by atoms with E-state index in [1.54, 1.807) is 18.2 Å². The summed E-state index contributed by atoms with van der Waals surface area (Å²) in [6, 6.07) is 6.61. The van der Waals surface area contributed by atoms with Gasteiger partial charge in [0, 0.05) is 11.5 Å². The second kappa shape index (κ2) is 9.68.